The van der Waals surface area contributed by atoms with E-state index in [2.05, 4.69) is 280 Å². The molecule has 10 aromatic rings. The number of hydrogen-bond donors (Lipinski definition) is 0. The molecule has 0 saturated heterocycles. The lowest BCUT2D eigenvalue weighted by Crippen LogP contribution is -2.23. The molecule has 0 fully saturated rings. The van der Waals surface area contributed by atoms with Gasteiger partial charge < -0.3 is 4.90 Å². The van der Waals surface area contributed by atoms with Crippen LogP contribution in [-0.2, 0) is 5.41 Å². The van der Waals surface area contributed by atoms with Crippen LogP contribution in [-0.4, -0.2) is 0 Å². The molecule has 0 heterocycles. The van der Waals surface area contributed by atoms with Gasteiger partial charge in [0.15, 0.2) is 0 Å². The van der Waals surface area contributed by atoms with Gasteiger partial charge in [-0.25, -0.2) is 0 Å². The van der Waals surface area contributed by atoms with Gasteiger partial charge in [-0.2, -0.15) is 0 Å². The smallest absolute Gasteiger partial charge is 0.0465 e. The van der Waals surface area contributed by atoms with E-state index in [9.17, 15) is 0 Å². The largest absolute Gasteiger partial charge is 0.310 e. The summed E-state index contributed by atoms with van der Waals surface area (Å²) in [6.45, 7) is 4.70. The van der Waals surface area contributed by atoms with E-state index in [1.54, 1.807) is 0 Å². The molecule has 326 valence electrons. The topological polar surface area (TPSA) is 3.24 Å². The molecule has 0 radical (unpaired) electrons. The average molecular weight is 872 g/mol. The molecule has 0 amide bonds. The highest BCUT2D eigenvalue weighted by Gasteiger charge is 2.41. The third-order valence-electron chi connectivity index (χ3n) is 14.2. The quantitative estimate of drug-likeness (QED) is 0.111. The third-order valence-corrected chi connectivity index (χ3v) is 14.2. The highest BCUT2D eigenvalue weighted by atomic mass is 15.1. The molecule has 1 aliphatic rings. The van der Waals surface area contributed by atoms with Gasteiger partial charge in [0, 0.05) is 22.5 Å². The Labute approximate surface area is 401 Å². The van der Waals surface area contributed by atoms with Crippen molar-refractivity contribution < 1.29 is 0 Å². The van der Waals surface area contributed by atoms with Gasteiger partial charge in [-0.1, -0.05) is 238 Å². The van der Waals surface area contributed by atoms with Crippen molar-refractivity contribution >= 4 is 52.1 Å². The Hall–Kier alpha value is -8.26. The van der Waals surface area contributed by atoms with Crippen molar-refractivity contribution in [3.05, 3.63) is 270 Å². The molecule has 0 aliphatic heterocycles. The second-order valence-corrected chi connectivity index (χ2v) is 17.9. The number of anilines is 3. The molecule has 0 bridgehead atoms. The minimum Gasteiger partial charge on any atom is -0.310 e. The van der Waals surface area contributed by atoms with Gasteiger partial charge in [-0.05, 0) is 138 Å². The molecule has 0 spiro atoms. The Morgan fingerprint density at radius 2 is 0.735 bits per heavy atom. The molecule has 1 aliphatic carbocycles. The molecule has 1 nitrogen and oxygen atoms in total. The Kier molecular flexibility index (Phi) is 11.6. The monoisotopic (exact) mass is 871 g/mol. The van der Waals surface area contributed by atoms with Crippen molar-refractivity contribution in [2.24, 2.45) is 0 Å². The summed E-state index contributed by atoms with van der Waals surface area (Å²) in [5.41, 5.74) is 21.1. The first-order valence-corrected chi connectivity index (χ1v) is 24.0. The van der Waals surface area contributed by atoms with Crippen molar-refractivity contribution in [3.8, 4) is 44.5 Å². The maximum atomic E-state index is 2.46. The summed E-state index contributed by atoms with van der Waals surface area (Å²) in [5.74, 6) is 0. The van der Waals surface area contributed by atoms with E-state index in [-0.39, 0.29) is 5.41 Å². The molecular formula is C67H53N. The first-order chi connectivity index (χ1) is 33.6. The standard InChI is InChI=1S/C67H53N/c1-3-67(4-2)64-46-51(38-42-61(64)62-43-41-57(47-65(62)67)68(55-22-13-7-14-23-55)56-24-15-8-16-25-56)35-34-49-30-28-48(29-31-49)32-33-50-36-39-54(40-37-50)59-26-17-27-63-58(52-18-9-5-10-19-52)44-45-60(66(59)63)53-20-11-6-12-21-53/h5-47H,3-4H2,1-2H3/b33-32+,35-34+. The van der Waals surface area contributed by atoms with Crippen molar-refractivity contribution in [2.45, 2.75) is 32.1 Å². The first kappa shape index (κ1) is 42.4. The number of fused-ring (bicyclic) bond motifs is 4. The van der Waals surface area contributed by atoms with Gasteiger partial charge in [-0.15, -0.1) is 0 Å². The van der Waals surface area contributed by atoms with Gasteiger partial charge in [0.05, 0.1) is 0 Å². The number of benzene rings is 10. The summed E-state index contributed by atoms with van der Waals surface area (Å²) in [5, 5.41) is 2.54. The fourth-order valence-corrected chi connectivity index (χ4v) is 10.6. The maximum Gasteiger partial charge on any atom is 0.0465 e. The average Bonchev–Trinajstić information content (AvgIpc) is 3.69. The summed E-state index contributed by atoms with van der Waals surface area (Å²) >= 11 is 0. The van der Waals surface area contributed by atoms with E-state index < -0.39 is 0 Å². The fraction of sp³-hybridized carbons (Fsp3) is 0.0746. The molecule has 0 atom stereocenters. The summed E-state index contributed by atoms with van der Waals surface area (Å²) in [4.78, 5) is 2.38. The lowest BCUT2D eigenvalue weighted by Gasteiger charge is -2.32. The first-order valence-electron chi connectivity index (χ1n) is 24.0. The highest BCUT2D eigenvalue weighted by molar-refractivity contribution is 6.12. The van der Waals surface area contributed by atoms with E-state index in [0.717, 1.165) is 24.2 Å². The fourth-order valence-electron chi connectivity index (χ4n) is 10.6. The predicted octanol–water partition coefficient (Wildman–Crippen LogP) is 18.7. The van der Waals surface area contributed by atoms with Gasteiger partial charge in [-0.3, -0.25) is 0 Å². The van der Waals surface area contributed by atoms with Crippen LogP contribution < -0.4 is 4.90 Å². The van der Waals surface area contributed by atoms with E-state index >= 15 is 0 Å². The summed E-state index contributed by atoms with van der Waals surface area (Å²) in [7, 11) is 0. The van der Waals surface area contributed by atoms with Crippen LogP contribution in [0.2, 0.25) is 0 Å². The van der Waals surface area contributed by atoms with Crippen LogP contribution in [0.1, 0.15) is 60.1 Å². The van der Waals surface area contributed by atoms with Crippen molar-refractivity contribution in [1.29, 1.82) is 0 Å². The second-order valence-electron chi connectivity index (χ2n) is 17.9. The number of rotatable bonds is 12. The molecule has 0 aromatic heterocycles. The molecule has 10 aromatic carbocycles. The van der Waals surface area contributed by atoms with E-state index in [1.807, 2.05) is 0 Å². The van der Waals surface area contributed by atoms with Crippen molar-refractivity contribution in [2.75, 3.05) is 4.90 Å². The second kappa shape index (κ2) is 18.6. The number of hydrogen-bond acceptors (Lipinski definition) is 1. The minimum atomic E-state index is -0.0632. The Bertz CT molecular complexity index is 3380. The van der Waals surface area contributed by atoms with E-state index in [0.29, 0.717) is 0 Å². The van der Waals surface area contributed by atoms with Gasteiger partial charge in [0.1, 0.15) is 0 Å². The molecule has 1 heteroatoms. The van der Waals surface area contributed by atoms with Crippen LogP contribution in [0, 0.1) is 0 Å². The zero-order chi connectivity index (χ0) is 45.9. The lowest BCUT2D eigenvalue weighted by atomic mass is 9.73. The van der Waals surface area contributed by atoms with E-state index in [4.69, 9.17) is 0 Å². The lowest BCUT2D eigenvalue weighted by molar-refractivity contribution is 0.490. The SMILES string of the molecule is CCC1(CC)c2cc(/C=C/c3ccc(/C=C/c4ccc(-c5cccc6c(-c7ccccc7)ccc(-c7ccccc7)c56)cc4)cc3)ccc2-c2ccc(N(c3ccccc3)c3ccccc3)cc21. The zero-order valence-electron chi connectivity index (χ0n) is 38.7. The summed E-state index contributed by atoms with van der Waals surface area (Å²) < 4.78 is 0. The molecule has 11 rings (SSSR count). The van der Waals surface area contributed by atoms with Crippen molar-refractivity contribution in [1.82, 2.24) is 0 Å². The van der Waals surface area contributed by atoms with E-state index in [1.165, 1.54) is 94.3 Å². The van der Waals surface area contributed by atoms with Crippen LogP contribution >= 0.6 is 0 Å². The van der Waals surface area contributed by atoms with Gasteiger partial charge in [0.25, 0.3) is 0 Å². The molecule has 0 unspecified atom stereocenters. The van der Waals surface area contributed by atoms with Crippen LogP contribution in [0.4, 0.5) is 17.1 Å². The highest BCUT2D eigenvalue weighted by Crippen LogP contribution is 2.54. The van der Waals surface area contributed by atoms with Gasteiger partial charge >= 0.3 is 0 Å². The Balaban J connectivity index is 0.821. The predicted molar refractivity (Wildman–Crippen MR) is 292 cm³/mol. The number of para-hydroxylation sites is 2. The zero-order valence-corrected chi connectivity index (χ0v) is 38.7. The molecule has 0 N–H and O–H groups in total. The molecule has 0 saturated carbocycles. The van der Waals surface area contributed by atoms with Crippen LogP contribution in [0.15, 0.2) is 237 Å². The van der Waals surface area contributed by atoms with Crippen LogP contribution in [0.5, 0.6) is 0 Å². The van der Waals surface area contributed by atoms with Crippen LogP contribution in [0.3, 0.4) is 0 Å². The normalized spacial score (nSPS) is 12.7. The molecule has 68 heavy (non-hydrogen) atoms. The Morgan fingerprint density at radius 3 is 1.29 bits per heavy atom. The van der Waals surface area contributed by atoms with Crippen molar-refractivity contribution in [3.63, 3.8) is 0 Å². The summed E-state index contributed by atoms with van der Waals surface area (Å²) in [6, 6.07) is 86.2. The third kappa shape index (κ3) is 7.97. The summed E-state index contributed by atoms with van der Waals surface area (Å²) in [6.07, 6.45) is 11.0. The van der Waals surface area contributed by atoms with Gasteiger partial charge in [0.2, 0.25) is 0 Å². The number of nitrogens with zero attached hydrogens (tertiary/aromatic N) is 1. The maximum absolute atomic E-state index is 2.46. The minimum absolute atomic E-state index is 0.0632. The Morgan fingerprint density at radius 1 is 0.324 bits per heavy atom. The van der Waals surface area contributed by atoms with Crippen LogP contribution in [0.25, 0.3) is 79.6 Å². The molecular weight excluding hydrogens is 819 g/mol.